The highest BCUT2D eigenvalue weighted by molar-refractivity contribution is 9.06. The minimum Gasteiger partial charge on any atom is -0.504 e. The summed E-state index contributed by atoms with van der Waals surface area (Å²) in [5.41, 5.74) is 2.82. The molecule has 0 unspecified atom stereocenters. The zero-order valence-electron chi connectivity index (χ0n) is 17.1. The van der Waals surface area contributed by atoms with Crippen molar-refractivity contribution in [1.29, 1.82) is 0 Å². The smallest absolute Gasteiger partial charge is 0.353 e. The maximum Gasteiger partial charge on any atom is 0.353 e. The summed E-state index contributed by atoms with van der Waals surface area (Å²) < 4.78 is 4.74. The number of phenolic OH excluding ortho intramolecular Hbond substituents is 2. The minimum absolute atomic E-state index is 0.117. The molecule has 0 aliphatic heterocycles. The SMILES string of the molecule is CCCCCc1c(O)c(O)c(C(=O)OBr)c(CCCCC)c1CCCCC. The van der Waals surface area contributed by atoms with Crippen LogP contribution in [0.4, 0.5) is 0 Å². The molecule has 0 aliphatic rings. The van der Waals surface area contributed by atoms with Crippen LogP contribution in [-0.4, -0.2) is 16.2 Å². The molecule has 2 N–H and O–H groups in total. The number of phenols is 2. The van der Waals surface area contributed by atoms with Gasteiger partial charge in [0.15, 0.2) is 27.8 Å². The van der Waals surface area contributed by atoms with E-state index in [9.17, 15) is 15.0 Å². The average Bonchev–Trinajstić information content (AvgIpc) is 2.67. The Morgan fingerprint density at radius 3 is 1.63 bits per heavy atom. The Labute approximate surface area is 172 Å². The van der Waals surface area contributed by atoms with Crippen molar-refractivity contribution >= 4 is 22.2 Å². The van der Waals surface area contributed by atoms with Gasteiger partial charge in [-0.3, -0.25) is 0 Å². The maximum atomic E-state index is 12.4. The van der Waals surface area contributed by atoms with Crippen molar-refractivity contribution in [3.63, 3.8) is 0 Å². The number of unbranched alkanes of at least 4 members (excludes halogenated alkanes) is 6. The monoisotopic (exact) mass is 442 g/mol. The van der Waals surface area contributed by atoms with Crippen molar-refractivity contribution in [3.05, 3.63) is 22.3 Å². The number of benzene rings is 1. The fourth-order valence-electron chi connectivity index (χ4n) is 3.64. The molecule has 0 atom stereocenters. The van der Waals surface area contributed by atoms with Crippen LogP contribution in [0, 0.1) is 0 Å². The van der Waals surface area contributed by atoms with E-state index in [0.717, 1.165) is 87.3 Å². The second kappa shape index (κ2) is 13.0. The molecule has 4 nitrogen and oxygen atoms in total. The summed E-state index contributed by atoms with van der Waals surface area (Å²) in [5.74, 6) is -1.13. The highest BCUT2D eigenvalue weighted by atomic mass is 79.9. The van der Waals surface area contributed by atoms with Gasteiger partial charge in [0, 0.05) is 5.56 Å². The fraction of sp³-hybridized carbons (Fsp3) is 0.682. The molecular formula is C22H35BrO4. The summed E-state index contributed by atoms with van der Waals surface area (Å²) >= 11 is 2.74. The van der Waals surface area contributed by atoms with E-state index in [0.29, 0.717) is 6.42 Å². The Balaban J connectivity index is 3.47. The van der Waals surface area contributed by atoms with Gasteiger partial charge < -0.3 is 14.0 Å². The third kappa shape index (κ3) is 6.70. The van der Waals surface area contributed by atoms with E-state index in [-0.39, 0.29) is 17.1 Å². The Morgan fingerprint density at radius 1 is 0.741 bits per heavy atom. The topological polar surface area (TPSA) is 66.8 Å². The third-order valence-electron chi connectivity index (χ3n) is 5.14. The van der Waals surface area contributed by atoms with Gasteiger partial charge in [0.1, 0.15) is 5.56 Å². The summed E-state index contributed by atoms with van der Waals surface area (Å²) in [6.07, 6.45) is 11.7. The molecule has 0 fully saturated rings. The fourth-order valence-corrected chi connectivity index (χ4v) is 3.80. The van der Waals surface area contributed by atoms with Crippen molar-refractivity contribution in [3.8, 4) is 11.5 Å². The lowest BCUT2D eigenvalue weighted by molar-refractivity contribution is 0.0776. The Hall–Kier alpha value is -1.23. The molecule has 0 amide bonds. The number of rotatable bonds is 13. The van der Waals surface area contributed by atoms with E-state index >= 15 is 0 Å². The molecule has 27 heavy (non-hydrogen) atoms. The number of carbonyl (C=O) groups excluding carboxylic acids is 1. The zero-order valence-corrected chi connectivity index (χ0v) is 18.7. The second-order valence-corrected chi connectivity index (χ2v) is 7.57. The normalized spacial score (nSPS) is 11.0. The van der Waals surface area contributed by atoms with Crippen LogP contribution in [-0.2, 0) is 23.1 Å². The lowest BCUT2D eigenvalue weighted by Gasteiger charge is -2.21. The largest absolute Gasteiger partial charge is 0.504 e. The number of carbonyl (C=O) groups is 1. The molecule has 0 aliphatic carbocycles. The first kappa shape index (κ1) is 23.8. The maximum absolute atomic E-state index is 12.4. The van der Waals surface area contributed by atoms with Gasteiger partial charge in [-0.15, -0.1) is 0 Å². The summed E-state index contributed by atoms with van der Waals surface area (Å²) in [6.45, 7) is 6.44. The first-order valence-electron chi connectivity index (χ1n) is 10.4. The van der Waals surface area contributed by atoms with Gasteiger partial charge in [0.2, 0.25) is 0 Å². The van der Waals surface area contributed by atoms with E-state index in [1.807, 2.05) is 0 Å². The number of halogens is 1. The molecule has 0 heterocycles. The lowest BCUT2D eigenvalue weighted by Crippen LogP contribution is -2.11. The summed E-state index contributed by atoms with van der Waals surface area (Å²) in [5, 5.41) is 21.3. The molecule has 1 rings (SSSR count). The van der Waals surface area contributed by atoms with Gasteiger partial charge in [-0.2, -0.15) is 0 Å². The van der Waals surface area contributed by atoms with Crippen LogP contribution in [0.3, 0.4) is 0 Å². The first-order chi connectivity index (χ1) is 13.0. The Bertz CT molecular complexity index is 599. The van der Waals surface area contributed by atoms with Crippen LogP contribution in [0.15, 0.2) is 0 Å². The van der Waals surface area contributed by atoms with Gasteiger partial charge in [-0.05, 0) is 49.7 Å². The van der Waals surface area contributed by atoms with E-state index in [1.54, 1.807) is 0 Å². The molecule has 5 heteroatoms. The first-order valence-corrected chi connectivity index (χ1v) is 11.1. The number of aromatic hydroxyl groups is 2. The zero-order chi connectivity index (χ0) is 20.2. The van der Waals surface area contributed by atoms with Crippen molar-refractivity contribution in [2.45, 2.75) is 97.8 Å². The van der Waals surface area contributed by atoms with Gasteiger partial charge in [0.05, 0.1) is 0 Å². The van der Waals surface area contributed by atoms with Gasteiger partial charge >= 0.3 is 5.97 Å². The summed E-state index contributed by atoms with van der Waals surface area (Å²) in [7, 11) is 0. The Morgan fingerprint density at radius 2 is 1.19 bits per heavy atom. The van der Waals surface area contributed by atoms with E-state index in [1.165, 1.54) is 0 Å². The standard InChI is InChI=1S/C22H35BrO4/c1-4-7-10-13-16-17(14-11-8-5-2)19(22(26)27-23)21(25)20(24)18(16)15-12-9-6-3/h24-25H,4-15H2,1-3H3. The molecule has 0 spiro atoms. The predicted octanol–water partition coefficient (Wildman–Crippen LogP) is 6.76. The molecular weight excluding hydrogens is 408 g/mol. The number of hydrogen-bond donors (Lipinski definition) is 2. The molecule has 1 aromatic carbocycles. The van der Waals surface area contributed by atoms with E-state index < -0.39 is 5.97 Å². The molecule has 0 saturated carbocycles. The van der Waals surface area contributed by atoms with Crippen LogP contribution in [0.5, 0.6) is 11.5 Å². The summed E-state index contributed by atoms with van der Waals surface area (Å²) in [4.78, 5) is 12.4. The van der Waals surface area contributed by atoms with Crippen molar-refractivity contribution in [1.82, 2.24) is 0 Å². The lowest BCUT2D eigenvalue weighted by atomic mass is 9.86. The van der Waals surface area contributed by atoms with Crippen LogP contribution in [0.1, 0.15) is 106 Å². The van der Waals surface area contributed by atoms with Gasteiger partial charge in [0.25, 0.3) is 0 Å². The third-order valence-corrected chi connectivity index (χ3v) is 5.44. The molecule has 1 aromatic rings. The molecule has 0 radical (unpaired) electrons. The molecule has 154 valence electrons. The van der Waals surface area contributed by atoms with Crippen LogP contribution in [0.2, 0.25) is 0 Å². The quantitative estimate of drug-likeness (QED) is 0.261. The molecule has 0 aromatic heterocycles. The van der Waals surface area contributed by atoms with E-state index in [2.05, 4.69) is 37.0 Å². The summed E-state index contributed by atoms with van der Waals surface area (Å²) in [6, 6.07) is 0. The van der Waals surface area contributed by atoms with Gasteiger partial charge in [-0.25, -0.2) is 4.79 Å². The van der Waals surface area contributed by atoms with Crippen LogP contribution in [0.25, 0.3) is 0 Å². The molecule has 0 bridgehead atoms. The van der Waals surface area contributed by atoms with E-state index in [4.69, 9.17) is 3.83 Å². The average molecular weight is 443 g/mol. The Kier molecular flexibility index (Phi) is 11.5. The van der Waals surface area contributed by atoms with Crippen molar-refractivity contribution in [2.24, 2.45) is 0 Å². The number of hydrogen-bond acceptors (Lipinski definition) is 4. The van der Waals surface area contributed by atoms with Crippen molar-refractivity contribution in [2.75, 3.05) is 0 Å². The highest BCUT2D eigenvalue weighted by Gasteiger charge is 2.27. The van der Waals surface area contributed by atoms with Crippen LogP contribution < -0.4 is 0 Å². The van der Waals surface area contributed by atoms with Gasteiger partial charge in [-0.1, -0.05) is 59.3 Å². The molecule has 0 saturated heterocycles. The highest BCUT2D eigenvalue weighted by Crippen LogP contribution is 2.41. The predicted molar refractivity (Wildman–Crippen MR) is 114 cm³/mol. The van der Waals surface area contributed by atoms with Crippen LogP contribution >= 0.6 is 16.3 Å². The van der Waals surface area contributed by atoms with Crippen molar-refractivity contribution < 1.29 is 18.8 Å². The minimum atomic E-state index is -0.647. The second-order valence-electron chi connectivity index (χ2n) is 7.24.